The first-order valence-electron chi connectivity index (χ1n) is 9.79. The van der Waals surface area contributed by atoms with Crippen molar-refractivity contribution in [1.29, 1.82) is 0 Å². The molecule has 8 heteroatoms. The van der Waals surface area contributed by atoms with Crippen LogP contribution in [0.2, 0.25) is 0 Å². The Labute approximate surface area is 178 Å². The monoisotopic (exact) mass is 415 g/mol. The van der Waals surface area contributed by atoms with Crippen molar-refractivity contribution in [2.75, 3.05) is 20.0 Å². The van der Waals surface area contributed by atoms with Crippen LogP contribution >= 0.6 is 0 Å². The van der Waals surface area contributed by atoms with Gasteiger partial charge >= 0.3 is 0 Å². The number of rotatable bonds is 5. The molecule has 4 aromatic rings. The third-order valence-corrected chi connectivity index (χ3v) is 5.53. The number of anilines is 1. The molecule has 1 aliphatic rings. The number of fused-ring (bicyclic) bond motifs is 2. The lowest BCUT2D eigenvalue weighted by Gasteiger charge is -2.09. The van der Waals surface area contributed by atoms with E-state index in [0.29, 0.717) is 34.9 Å². The van der Waals surface area contributed by atoms with E-state index in [9.17, 15) is 4.79 Å². The van der Waals surface area contributed by atoms with E-state index in [1.807, 2.05) is 43.3 Å². The number of ether oxygens (including phenoxy) is 2. The van der Waals surface area contributed by atoms with Crippen LogP contribution in [0.1, 0.15) is 27.3 Å². The summed E-state index contributed by atoms with van der Waals surface area (Å²) in [4.78, 5) is 20.9. The number of Topliss-reactive ketones (excluding diaryl/α,β-unsaturated/α-hetero) is 1. The number of carbonyl (C=O) groups is 1. The molecular formula is C23H21N5O3. The van der Waals surface area contributed by atoms with Crippen LogP contribution in [-0.2, 0) is 6.42 Å². The molecule has 0 spiro atoms. The topological polar surface area (TPSA) is 108 Å². The van der Waals surface area contributed by atoms with Crippen LogP contribution in [0.4, 0.5) is 5.82 Å². The lowest BCUT2D eigenvalue weighted by Crippen LogP contribution is -2.08. The van der Waals surface area contributed by atoms with Gasteiger partial charge in [-0.1, -0.05) is 0 Å². The molecule has 0 unspecified atom stereocenters. The van der Waals surface area contributed by atoms with Gasteiger partial charge in [-0.2, -0.15) is 5.10 Å². The molecule has 0 saturated heterocycles. The third kappa shape index (κ3) is 3.04. The molecule has 2 aromatic heterocycles. The molecule has 0 aliphatic heterocycles. The van der Waals surface area contributed by atoms with Crippen LogP contribution in [0.5, 0.6) is 11.5 Å². The molecular weight excluding hydrogens is 394 g/mol. The van der Waals surface area contributed by atoms with Crippen LogP contribution in [0.3, 0.4) is 0 Å². The van der Waals surface area contributed by atoms with Crippen molar-refractivity contribution >= 4 is 28.7 Å². The summed E-state index contributed by atoms with van der Waals surface area (Å²) in [6, 6.07) is 9.41. The largest absolute Gasteiger partial charge is 0.497 e. The Hall–Kier alpha value is -4.07. The molecule has 0 amide bonds. The Morgan fingerprint density at radius 3 is 2.81 bits per heavy atom. The van der Waals surface area contributed by atoms with Gasteiger partial charge in [-0.15, -0.1) is 0 Å². The van der Waals surface area contributed by atoms with E-state index in [-0.39, 0.29) is 5.78 Å². The van der Waals surface area contributed by atoms with Crippen molar-refractivity contribution in [3.05, 3.63) is 64.6 Å². The Kier molecular flexibility index (Phi) is 4.28. The second kappa shape index (κ2) is 7.02. The zero-order chi connectivity index (χ0) is 21.7. The summed E-state index contributed by atoms with van der Waals surface area (Å²) in [6.45, 7) is 1.90. The number of aromatic amines is 1. The third-order valence-electron chi connectivity index (χ3n) is 5.53. The first-order chi connectivity index (χ1) is 15.0. The van der Waals surface area contributed by atoms with Crippen LogP contribution in [0.25, 0.3) is 22.8 Å². The minimum absolute atomic E-state index is 0.153. The lowest BCUT2D eigenvalue weighted by atomic mass is 10.0. The highest BCUT2D eigenvalue weighted by Crippen LogP contribution is 2.37. The maximum atomic E-state index is 13.3. The number of benzene rings is 2. The minimum Gasteiger partial charge on any atom is -0.497 e. The number of carbonyl (C=O) groups excluding carboxylic acids is 1. The fourth-order valence-corrected chi connectivity index (χ4v) is 4.00. The number of hydrogen-bond donors (Lipinski definition) is 2. The fourth-order valence-electron chi connectivity index (χ4n) is 4.00. The second-order valence-corrected chi connectivity index (χ2v) is 7.46. The van der Waals surface area contributed by atoms with Crippen molar-refractivity contribution in [1.82, 2.24) is 19.7 Å². The van der Waals surface area contributed by atoms with Gasteiger partial charge in [-0.3, -0.25) is 4.79 Å². The first-order valence-corrected chi connectivity index (χ1v) is 9.79. The van der Waals surface area contributed by atoms with Crippen molar-refractivity contribution in [3.63, 3.8) is 0 Å². The maximum absolute atomic E-state index is 13.3. The molecule has 2 heterocycles. The van der Waals surface area contributed by atoms with Crippen LogP contribution < -0.4 is 15.2 Å². The van der Waals surface area contributed by atoms with Gasteiger partial charge in [-0.25, -0.2) is 9.67 Å². The molecule has 0 bridgehead atoms. The van der Waals surface area contributed by atoms with E-state index in [1.165, 1.54) is 6.20 Å². The fraction of sp³-hybridized carbons (Fsp3) is 0.174. The quantitative estimate of drug-likeness (QED) is 0.483. The van der Waals surface area contributed by atoms with Gasteiger partial charge in [0.15, 0.2) is 5.78 Å². The van der Waals surface area contributed by atoms with E-state index in [0.717, 1.165) is 33.7 Å². The van der Waals surface area contributed by atoms with Crippen LogP contribution in [-0.4, -0.2) is 39.8 Å². The van der Waals surface area contributed by atoms with Crippen LogP contribution in [0.15, 0.2) is 42.1 Å². The number of nitrogens with zero attached hydrogens (tertiary/aromatic N) is 3. The van der Waals surface area contributed by atoms with Crippen LogP contribution in [0, 0.1) is 6.92 Å². The van der Waals surface area contributed by atoms with Gasteiger partial charge in [0, 0.05) is 23.6 Å². The summed E-state index contributed by atoms with van der Waals surface area (Å²) in [6.07, 6.45) is 3.85. The zero-order valence-corrected chi connectivity index (χ0v) is 17.4. The number of ketones is 1. The number of aryl methyl sites for hydroxylation is 1. The molecule has 5 rings (SSSR count). The lowest BCUT2D eigenvalue weighted by molar-refractivity contribution is 0.103. The van der Waals surface area contributed by atoms with Gasteiger partial charge in [0.2, 0.25) is 0 Å². The van der Waals surface area contributed by atoms with Crippen molar-refractivity contribution in [2.24, 2.45) is 0 Å². The molecule has 3 N–H and O–H groups in total. The highest BCUT2D eigenvalue weighted by atomic mass is 16.5. The van der Waals surface area contributed by atoms with E-state index in [4.69, 9.17) is 15.2 Å². The number of imidazole rings is 1. The molecule has 1 aliphatic carbocycles. The number of hydrogen-bond acceptors (Lipinski definition) is 6. The van der Waals surface area contributed by atoms with Crippen molar-refractivity contribution < 1.29 is 14.3 Å². The van der Waals surface area contributed by atoms with Gasteiger partial charge < -0.3 is 20.2 Å². The van der Waals surface area contributed by atoms with E-state index in [2.05, 4.69) is 15.1 Å². The van der Waals surface area contributed by atoms with E-state index < -0.39 is 0 Å². The number of methoxy groups -OCH3 is 2. The number of nitrogen functional groups attached to an aromatic ring is 1. The molecule has 8 nitrogen and oxygen atoms in total. The first kappa shape index (κ1) is 18.9. The highest BCUT2D eigenvalue weighted by molar-refractivity contribution is 6.15. The van der Waals surface area contributed by atoms with Crippen molar-refractivity contribution in [3.8, 4) is 17.2 Å². The summed E-state index contributed by atoms with van der Waals surface area (Å²) >= 11 is 0. The Morgan fingerprint density at radius 2 is 2.03 bits per heavy atom. The highest BCUT2D eigenvalue weighted by Gasteiger charge is 2.26. The Morgan fingerprint density at radius 1 is 1.19 bits per heavy atom. The molecule has 0 saturated carbocycles. The Balaban J connectivity index is 1.48. The van der Waals surface area contributed by atoms with Gasteiger partial charge in [-0.05, 0) is 42.8 Å². The van der Waals surface area contributed by atoms with Gasteiger partial charge in [0.25, 0.3) is 0 Å². The minimum atomic E-state index is -0.153. The molecule has 31 heavy (non-hydrogen) atoms. The molecule has 0 atom stereocenters. The van der Waals surface area contributed by atoms with Crippen molar-refractivity contribution in [2.45, 2.75) is 13.3 Å². The summed E-state index contributed by atoms with van der Waals surface area (Å²) in [5, 5.41) is 4.37. The summed E-state index contributed by atoms with van der Waals surface area (Å²) in [5.74, 6) is 2.33. The summed E-state index contributed by atoms with van der Waals surface area (Å²) in [7, 11) is 3.20. The van der Waals surface area contributed by atoms with Gasteiger partial charge in [0.05, 0.1) is 42.7 Å². The predicted molar refractivity (Wildman–Crippen MR) is 118 cm³/mol. The number of nitrogens with two attached hydrogens (primary N) is 1. The number of allylic oxidation sites excluding steroid dienone is 1. The average Bonchev–Trinajstić information content (AvgIpc) is 3.47. The Bertz CT molecular complexity index is 1380. The average molecular weight is 415 g/mol. The van der Waals surface area contributed by atoms with E-state index >= 15 is 0 Å². The molecule has 2 aromatic carbocycles. The number of aromatic nitrogens is 4. The predicted octanol–water partition coefficient (Wildman–Crippen LogP) is 3.48. The van der Waals surface area contributed by atoms with E-state index in [1.54, 1.807) is 18.9 Å². The molecule has 0 radical (unpaired) electrons. The van der Waals surface area contributed by atoms with Gasteiger partial charge in [0.1, 0.15) is 23.1 Å². The maximum Gasteiger partial charge on any atom is 0.194 e. The molecule has 0 fully saturated rings. The standard InChI is InChI=1S/C23H21N5O3/c1-12-26-19-5-4-15(9-20(19)27-12)28-23(24)18(11-25-28)22(29)14-6-13-7-16(30-2)10-21(31-3)17(13)8-14/h4-5,7-11H,6,24H2,1-3H3,(H,26,27). The molecule has 156 valence electrons. The summed E-state index contributed by atoms with van der Waals surface area (Å²) in [5.41, 5.74) is 11.7. The summed E-state index contributed by atoms with van der Waals surface area (Å²) < 4.78 is 12.4. The smallest absolute Gasteiger partial charge is 0.194 e. The zero-order valence-electron chi connectivity index (χ0n) is 17.4. The SMILES string of the molecule is COc1cc2c(c(OC)c1)C=C(C(=O)c1cnn(-c3ccc4nc(C)[nH]c4c3)c1N)C2. The normalized spacial score (nSPS) is 12.7. The second-order valence-electron chi connectivity index (χ2n) is 7.46. The number of nitrogens with one attached hydrogen (secondary N) is 1. The number of H-pyrrole nitrogens is 1.